The van der Waals surface area contributed by atoms with Gasteiger partial charge in [-0.05, 0) is 72.8 Å². The van der Waals surface area contributed by atoms with Crippen molar-refractivity contribution in [2.24, 2.45) is 4.99 Å². The Morgan fingerprint density at radius 2 is 1.84 bits per heavy atom. The molecule has 4 rings (SSSR count). The Hall–Kier alpha value is -3.77. The largest absolute Gasteiger partial charge is 0.486 e. The van der Waals surface area contributed by atoms with E-state index in [1.165, 1.54) is 28.8 Å². The van der Waals surface area contributed by atoms with Gasteiger partial charge >= 0.3 is 5.97 Å². The summed E-state index contributed by atoms with van der Waals surface area (Å²) in [5.74, 6) is -0.953. The normalized spacial score (nSPS) is 15.3. The molecule has 1 heterocycles. The van der Waals surface area contributed by atoms with Gasteiger partial charge in [0.25, 0.3) is 5.91 Å². The minimum atomic E-state index is -1.02. The molecule has 1 aliphatic heterocycles. The first-order chi connectivity index (χ1) is 17.8. The van der Waals surface area contributed by atoms with Crippen LogP contribution in [0.4, 0.5) is 5.69 Å². The number of carbonyl (C=O) groups excluding carboxylic acids is 1. The Kier molecular flexibility index (Phi) is 8.19. The number of hydrogen-bond acceptors (Lipinski definition) is 6. The van der Waals surface area contributed by atoms with E-state index in [4.69, 9.17) is 33.0 Å². The summed E-state index contributed by atoms with van der Waals surface area (Å²) >= 11 is 14.1. The number of amidine groups is 1. The number of hydrogen-bond donors (Lipinski definition) is 1. The molecule has 186 valence electrons. The second-order valence-corrected chi connectivity index (χ2v) is 9.60. The van der Waals surface area contributed by atoms with Crippen molar-refractivity contribution < 1.29 is 19.4 Å². The van der Waals surface area contributed by atoms with Crippen molar-refractivity contribution in [2.75, 3.05) is 6.54 Å². The molecule has 3 aromatic carbocycles. The number of likely N-dealkylation sites (N-methyl/N-ethyl adjacent to an activating group) is 1. The van der Waals surface area contributed by atoms with Crippen LogP contribution in [0.3, 0.4) is 0 Å². The summed E-state index contributed by atoms with van der Waals surface area (Å²) < 4.78 is 5.81. The van der Waals surface area contributed by atoms with Crippen LogP contribution in [0.1, 0.15) is 34.0 Å². The number of aromatic carboxylic acids is 1. The van der Waals surface area contributed by atoms with Gasteiger partial charge in [-0.2, -0.15) is 5.26 Å². The monoisotopic (exact) mass is 551 g/mol. The summed E-state index contributed by atoms with van der Waals surface area (Å²) in [7, 11) is 0. The molecule has 1 aliphatic rings. The molecule has 10 heteroatoms. The highest BCUT2D eigenvalue weighted by atomic mass is 35.5. The van der Waals surface area contributed by atoms with Crippen molar-refractivity contribution in [1.29, 1.82) is 5.26 Å². The molecule has 1 N–H and O–H groups in total. The lowest BCUT2D eigenvalue weighted by atomic mass is 10.1. The predicted octanol–water partition coefficient (Wildman–Crippen LogP) is 6.77. The number of aliphatic imine (C=N–C) groups is 1. The molecule has 0 bridgehead atoms. The fourth-order valence-corrected chi connectivity index (χ4v) is 5.19. The van der Waals surface area contributed by atoms with E-state index in [-0.39, 0.29) is 33.9 Å². The molecular formula is C27H19Cl2N3O4S. The van der Waals surface area contributed by atoms with Gasteiger partial charge in [-0.25, -0.2) is 9.79 Å². The number of carboxylic acids is 1. The van der Waals surface area contributed by atoms with Crippen LogP contribution < -0.4 is 4.74 Å². The summed E-state index contributed by atoms with van der Waals surface area (Å²) in [6.07, 6.45) is 1.68. The first-order valence-electron chi connectivity index (χ1n) is 11.0. The molecule has 1 saturated heterocycles. The van der Waals surface area contributed by atoms with Crippen LogP contribution in [0, 0.1) is 11.3 Å². The van der Waals surface area contributed by atoms with E-state index in [2.05, 4.69) is 11.1 Å². The number of thioether (sulfide) groups is 1. The van der Waals surface area contributed by atoms with Gasteiger partial charge in [0.1, 0.15) is 6.61 Å². The zero-order chi connectivity index (χ0) is 26.5. The van der Waals surface area contributed by atoms with Crippen LogP contribution in [0.5, 0.6) is 5.75 Å². The van der Waals surface area contributed by atoms with Crippen molar-refractivity contribution in [3.05, 3.63) is 97.9 Å². The average Bonchev–Trinajstić information content (AvgIpc) is 3.17. The van der Waals surface area contributed by atoms with E-state index in [9.17, 15) is 14.9 Å². The van der Waals surface area contributed by atoms with Crippen LogP contribution >= 0.6 is 35.0 Å². The Labute approximate surface area is 227 Å². The van der Waals surface area contributed by atoms with Crippen LogP contribution in [-0.2, 0) is 11.4 Å². The van der Waals surface area contributed by atoms with E-state index in [1.807, 2.05) is 13.0 Å². The first kappa shape index (κ1) is 26.3. The molecule has 3 aromatic rings. The zero-order valence-corrected chi connectivity index (χ0v) is 21.8. The molecule has 0 spiro atoms. The van der Waals surface area contributed by atoms with Crippen molar-refractivity contribution in [1.82, 2.24) is 4.90 Å². The number of benzene rings is 3. The van der Waals surface area contributed by atoms with E-state index in [1.54, 1.807) is 48.5 Å². The van der Waals surface area contributed by atoms with Gasteiger partial charge in [0.2, 0.25) is 0 Å². The third-order valence-electron chi connectivity index (χ3n) is 5.37. The molecule has 0 unspecified atom stereocenters. The maximum absolute atomic E-state index is 13.0. The van der Waals surface area contributed by atoms with Gasteiger partial charge in [0.05, 0.1) is 37.8 Å². The number of carbonyl (C=O) groups is 2. The molecule has 0 radical (unpaired) electrons. The summed E-state index contributed by atoms with van der Waals surface area (Å²) in [5.41, 5.74) is 2.51. The zero-order valence-electron chi connectivity index (χ0n) is 19.4. The van der Waals surface area contributed by atoms with E-state index >= 15 is 0 Å². The van der Waals surface area contributed by atoms with Crippen LogP contribution in [0.2, 0.25) is 10.0 Å². The minimum absolute atomic E-state index is 0.122. The van der Waals surface area contributed by atoms with Gasteiger partial charge in [-0.3, -0.25) is 9.69 Å². The van der Waals surface area contributed by atoms with Gasteiger partial charge < -0.3 is 9.84 Å². The van der Waals surface area contributed by atoms with E-state index < -0.39 is 5.97 Å². The third-order valence-corrected chi connectivity index (χ3v) is 6.94. The lowest BCUT2D eigenvalue weighted by Crippen LogP contribution is -2.28. The number of amides is 1. The van der Waals surface area contributed by atoms with Crippen LogP contribution in [0.15, 0.2) is 70.6 Å². The number of ether oxygens (including phenoxy) is 1. The third kappa shape index (κ3) is 5.97. The van der Waals surface area contributed by atoms with Gasteiger partial charge in [-0.1, -0.05) is 41.4 Å². The fourth-order valence-electron chi connectivity index (χ4n) is 3.52. The highest BCUT2D eigenvalue weighted by Crippen LogP contribution is 2.38. The number of halogens is 2. The van der Waals surface area contributed by atoms with Crippen molar-refractivity contribution >= 4 is 63.8 Å². The number of nitriles is 1. The second kappa shape index (κ2) is 11.5. The molecule has 1 amide bonds. The molecule has 0 saturated carbocycles. The van der Waals surface area contributed by atoms with Crippen LogP contribution in [-0.4, -0.2) is 33.6 Å². The van der Waals surface area contributed by atoms with Gasteiger partial charge in [-0.15, -0.1) is 0 Å². The van der Waals surface area contributed by atoms with Crippen molar-refractivity contribution in [2.45, 2.75) is 13.5 Å². The molecule has 7 nitrogen and oxygen atoms in total. The van der Waals surface area contributed by atoms with Gasteiger partial charge in [0, 0.05) is 12.1 Å². The summed E-state index contributed by atoms with van der Waals surface area (Å²) in [6, 6.07) is 18.6. The van der Waals surface area contributed by atoms with Gasteiger partial charge in [0.15, 0.2) is 10.9 Å². The molecule has 37 heavy (non-hydrogen) atoms. The minimum Gasteiger partial charge on any atom is -0.486 e. The molecule has 1 fully saturated rings. The van der Waals surface area contributed by atoms with Crippen molar-refractivity contribution in [3.8, 4) is 11.8 Å². The predicted molar refractivity (Wildman–Crippen MR) is 145 cm³/mol. The van der Waals surface area contributed by atoms with E-state index in [0.29, 0.717) is 39.0 Å². The highest BCUT2D eigenvalue weighted by Gasteiger charge is 2.32. The lowest BCUT2D eigenvalue weighted by Gasteiger charge is -2.12. The smallest absolute Gasteiger partial charge is 0.335 e. The topological polar surface area (TPSA) is 103 Å². The summed E-state index contributed by atoms with van der Waals surface area (Å²) in [5, 5.41) is 19.3. The maximum Gasteiger partial charge on any atom is 0.335 e. The lowest BCUT2D eigenvalue weighted by molar-refractivity contribution is -0.122. The standard InChI is InChI=1S/C27H19Cl2N3O4S/c1-2-32-25(33)23(37-27(32)31-20-9-7-17(8-10-20)26(34)35)13-16-11-21(28)24(22(29)12-16)36-15-19-6-4-3-5-18(19)14-30/h3-13H,2,15H2,1H3,(H,34,35)/b23-13-,31-27?. The Balaban J connectivity index is 1.56. The Morgan fingerprint density at radius 1 is 1.16 bits per heavy atom. The van der Waals surface area contributed by atoms with E-state index in [0.717, 1.165) is 0 Å². The molecular weight excluding hydrogens is 533 g/mol. The molecule has 0 aliphatic carbocycles. The summed E-state index contributed by atoms with van der Waals surface area (Å²) in [4.78, 5) is 30.6. The fraction of sp³-hybridized carbons (Fsp3) is 0.111. The highest BCUT2D eigenvalue weighted by molar-refractivity contribution is 8.18. The quantitative estimate of drug-likeness (QED) is 0.325. The second-order valence-electron chi connectivity index (χ2n) is 7.78. The Morgan fingerprint density at radius 3 is 2.46 bits per heavy atom. The number of carboxylic acid groups (broad SMARTS) is 1. The summed E-state index contributed by atoms with van der Waals surface area (Å²) in [6.45, 7) is 2.37. The SMILES string of the molecule is CCN1C(=O)/C(=C/c2cc(Cl)c(OCc3ccccc3C#N)c(Cl)c2)SC1=Nc1ccc(C(=O)O)cc1. The average molecular weight is 552 g/mol. The maximum atomic E-state index is 13.0. The first-order valence-corrected chi connectivity index (χ1v) is 12.6. The number of rotatable bonds is 7. The Bertz CT molecular complexity index is 1460. The molecule has 0 aromatic heterocycles. The number of nitrogens with zero attached hydrogens (tertiary/aromatic N) is 3. The van der Waals surface area contributed by atoms with Crippen molar-refractivity contribution in [3.63, 3.8) is 0 Å². The van der Waals surface area contributed by atoms with Crippen LogP contribution in [0.25, 0.3) is 6.08 Å². The molecule has 0 atom stereocenters.